The number of aromatic carboxylic acids is 1. The number of hydrogen-bond donors (Lipinski definition) is 2. The zero-order valence-corrected chi connectivity index (χ0v) is 9.46. The largest absolute Gasteiger partial charge is 0.478 e. The zero-order chi connectivity index (χ0) is 11.8. The van der Waals surface area contributed by atoms with E-state index in [4.69, 9.17) is 5.11 Å². The monoisotopic (exact) mass is 208 g/mol. The van der Waals surface area contributed by atoms with Crippen molar-refractivity contribution in [1.29, 1.82) is 0 Å². The van der Waals surface area contributed by atoms with Gasteiger partial charge in [0.25, 0.3) is 0 Å². The number of aryl methyl sites for hydroxylation is 1. The van der Waals surface area contributed by atoms with Gasteiger partial charge in [-0.25, -0.2) is 4.79 Å². The van der Waals surface area contributed by atoms with Gasteiger partial charge in [0, 0.05) is 0 Å². The normalized spacial score (nSPS) is 11.5. The average molecular weight is 208 g/mol. The van der Waals surface area contributed by atoms with Crippen molar-refractivity contribution in [1.82, 2.24) is 0 Å². The van der Waals surface area contributed by atoms with Gasteiger partial charge in [-0.3, -0.25) is 0 Å². The summed E-state index contributed by atoms with van der Waals surface area (Å²) in [6.07, 6.45) is 0. The van der Waals surface area contributed by atoms with Gasteiger partial charge in [0.15, 0.2) is 0 Å². The van der Waals surface area contributed by atoms with Crippen molar-refractivity contribution in [3.8, 4) is 0 Å². The van der Waals surface area contributed by atoms with Crippen LogP contribution in [0.5, 0.6) is 0 Å². The molecule has 1 rings (SSSR count). The van der Waals surface area contributed by atoms with E-state index in [1.807, 2.05) is 13.0 Å². The van der Waals surface area contributed by atoms with E-state index < -0.39 is 11.6 Å². The highest BCUT2D eigenvalue weighted by molar-refractivity contribution is 5.90. The Hall–Kier alpha value is -1.35. The maximum atomic E-state index is 11.0. The smallest absolute Gasteiger partial charge is 0.335 e. The Labute approximate surface area is 89.4 Å². The Morgan fingerprint density at radius 1 is 1.27 bits per heavy atom. The fraction of sp³-hybridized carbons (Fsp3) is 0.417. The molecule has 0 saturated carbocycles. The Morgan fingerprint density at radius 3 is 2.20 bits per heavy atom. The summed E-state index contributed by atoms with van der Waals surface area (Å²) in [5.74, 6) is -0.957. The van der Waals surface area contributed by atoms with Gasteiger partial charge in [0.2, 0.25) is 0 Å². The molecule has 0 aliphatic carbocycles. The number of aliphatic hydroxyl groups is 1. The van der Waals surface area contributed by atoms with Gasteiger partial charge in [-0.15, -0.1) is 0 Å². The van der Waals surface area contributed by atoms with E-state index in [1.165, 1.54) is 6.07 Å². The summed E-state index contributed by atoms with van der Waals surface area (Å²) >= 11 is 0. The van der Waals surface area contributed by atoms with Crippen LogP contribution < -0.4 is 0 Å². The van der Waals surface area contributed by atoms with Gasteiger partial charge in [0.05, 0.1) is 11.2 Å². The van der Waals surface area contributed by atoms with Gasteiger partial charge in [-0.05, 0) is 50.5 Å². The third-order valence-corrected chi connectivity index (χ3v) is 2.60. The predicted octanol–water partition coefficient (Wildman–Crippen LogP) is 2.23. The van der Waals surface area contributed by atoms with Crippen molar-refractivity contribution in [3.05, 3.63) is 34.4 Å². The van der Waals surface area contributed by atoms with Crippen molar-refractivity contribution < 1.29 is 15.0 Å². The molecule has 0 radical (unpaired) electrons. The fourth-order valence-electron chi connectivity index (χ4n) is 1.43. The van der Waals surface area contributed by atoms with E-state index in [1.54, 1.807) is 20.8 Å². The number of carboxylic acid groups (broad SMARTS) is 1. The van der Waals surface area contributed by atoms with Crippen LogP contribution in [0.25, 0.3) is 0 Å². The quantitative estimate of drug-likeness (QED) is 0.783. The van der Waals surface area contributed by atoms with Crippen molar-refractivity contribution in [2.24, 2.45) is 0 Å². The number of carbonyl (C=O) groups is 1. The summed E-state index contributed by atoms with van der Waals surface area (Å²) in [6, 6.07) is 3.35. The maximum absolute atomic E-state index is 11.0. The third kappa shape index (κ3) is 2.36. The first kappa shape index (κ1) is 11.7. The lowest BCUT2D eigenvalue weighted by Crippen LogP contribution is -2.17. The minimum atomic E-state index is -1.01. The average Bonchev–Trinajstić information content (AvgIpc) is 2.06. The molecule has 82 valence electrons. The molecule has 0 aliphatic rings. The number of benzene rings is 1. The fourth-order valence-corrected chi connectivity index (χ4v) is 1.43. The molecule has 0 heterocycles. The predicted molar refractivity (Wildman–Crippen MR) is 58.1 cm³/mol. The first-order chi connectivity index (χ1) is 6.73. The Morgan fingerprint density at radius 2 is 1.80 bits per heavy atom. The van der Waals surface area contributed by atoms with E-state index in [-0.39, 0.29) is 5.56 Å². The van der Waals surface area contributed by atoms with E-state index in [0.717, 1.165) is 11.1 Å². The molecule has 0 spiro atoms. The molecule has 0 aromatic heterocycles. The maximum Gasteiger partial charge on any atom is 0.335 e. The lowest BCUT2D eigenvalue weighted by molar-refractivity contribution is 0.0692. The van der Waals surface area contributed by atoms with Crippen molar-refractivity contribution in [3.63, 3.8) is 0 Å². The Bertz CT molecular complexity index is 400. The topological polar surface area (TPSA) is 57.5 Å². The Kier molecular flexibility index (Phi) is 2.86. The number of rotatable bonds is 2. The van der Waals surface area contributed by atoms with Crippen LogP contribution in [0.3, 0.4) is 0 Å². The summed E-state index contributed by atoms with van der Waals surface area (Å²) in [6.45, 7) is 6.90. The van der Waals surface area contributed by atoms with Gasteiger partial charge < -0.3 is 10.2 Å². The van der Waals surface area contributed by atoms with Crippen LogP contribution in [0.1, 0.15) is 40.9 Å². The summed E-state index contributed by atoms with van der Waals surface area (Å²) < 4.78 is 0. The molecule has 0 aliphatic heterocycles. The van der Waals surface area contributed by atoms with E-state index in [2.05, 4.69) is 0 Å². The molecule has 1 aromatic carbocycles. The van der Waals surface area contributed by atoms with Crippen LogP contribution in [0.4, 0.5) is 0 Å². The van der Waals surface area contributed by atoms with Crippen molar-refractivity contribution >= 4 is 5.97 Å². The molecule has 3 heteroatoms. The zero-order valence-electron chi connectivity index (χ0n) is 9.46. The van der Waals surface area contributed by atoms with Crippen LogP contribution in [0.15, 0.2) is 12.1 Å². The second-order valence-corrected chi connectivity index (χ2v) is 4.33. The van der Waals surface area contributed by atoms with E-state index in [9.17, 15) is 9.90 Å². The summed E-state index contributed by atoms with van der Waals surface area (Å²) in [5, 5.41) is 18.8. The molecule has 0 atom stereocenters. The Balaban J connectivity index is 3.43. The molecule has 3 nitrogen and oxygen atoms in total. The van der Waals surface area contributed by atoms with E-state index >= 15 is 0 Å². The first-order valence-corrected chi connectivity index (χ1v) is 4.81. The lowest BCUT2D eigenvalue weighted by atomic mass is 9.91. The standard InChI is InChI=1S/C12H16O3/c1-7-5-9(12(3,4)15)6-10(8(7)2)11(13)14/h5-6,15H,1-4H3,(H,13,14). The van der Waals surface area contributed by atoms with Crippen LogP contribution in [-0.2, 0) is 5.60 Å². The van der Waals surface area contributed by atoms with Crippen LogP contribution in [0, 0.1) is 13.8 Å². The molecule has 15 heavy (non-hydrogen) atoms. The van der Waals surface area contributed by atoms with Crippen LogP contribution in [-0.4, -0.2) is 16.2 Å². The van der Waals surface area contributed by atoms with Crippen LogP contribution >= 0.6 is 0 Å². The van der Waals surface area contributed by atoms with Crippen molar-refractivity contribution in [2.75, 3.05) is 0 Å². The summed E-state index contributed by atoms with van der Waals surface area (Å²) in [4.78, 5) is 11.0. The first-order valence-electron chi connectivity index (χ1n) is 4.81. The molecule has 0 unspecified atom stereocenters. The highest BCUT2D eigenvalue weighted by Crippen LogP contribution is 2.25. The molecular formula is C12H16O3. The number of carboxylic acids is 1. The van der Waals surface area contributed by atoms with Gasteiger partial charge >= 0.3 is 5.97 Å². The molecule has 0 bridgehead atoms. The molecule has 0 amide bonds. The second kappa shape index (κ2) is 3.66. The SMILES string of the molecule is Cc1cc(C(C)(C)O)cc(C(=O)O)c1C. The molecule has 0 fully saturated rings. The lowest BCUT2D eigenvalue weighted by Gasteiger charge is -2.20. The minimum absolute atomic E-state index is 0.257. The minimum Gasteiger partial charge on any atom is -0.478 e. The highest BCUT2D eigenvalue weighted by atomic mass is 16.4. The van der Waals surface area contributed by atoms with E-state index in [0.29, 0.717) is 5.56 Å². The van der Waals surface area contributed by atoms with Crippen molar-refractivity contribution in [2.45, 2.75) is 33.3 Å². The molecule has 1 aromatic rings. The summed E-state index contributed by atoms with van der Waals surface area (Å²) in [7, 11) is 0. The highest BCUT2D eigenvalue weighted by Gasteiger charge is 2.20. The molecule has 2 N–H and O–H groups in total. The summed E-state index contributed by atoms with van der Waals surface area (Å²) in [5.41, 5.74) is 1.50. The van der Waals surface area contributed by atoms with Gasteiger partial charge in [0.1, 0.15) is 0 Å². The number of hydrogen-bond acceptors (Lipinski definition) is 2. The molecular weight excluding hydrogens is 192 g/mol. The second-order valence-electron chi connectivity index (χ2n) is 4.33. The van der Waals surface area contributed by atoms with Crippen LogP contribution in [0.2, 0.25) is 0 Å². The molecule has 0 saturated heterocycles. The third-order valence-electron chi connectivity index (χ3n) is 2.60. The van der Waals surface area contributed by atoms with Gasteiger partial charge in [-0.1, -0.05) is 6.07 Å². The van der Waals surface area contributed by atoms with Gasteiger partial charge in [-0.2, -0.15) is 0 Å².